The maximum absolute atomic E-state index is 5.44. The zero-order valence-corrected chi connectivity index (χ0v) is 12.2. The second kappa shape index (κ2) is 6.22. The molecule has 2 fully saturated rings. The molecule has 3 rings (SSSR count). The van der Waals surface area contributed by atoms with Gasteiger partial charge in [0.25, 0.3) is 0 Å². The van der Waals surface area contributed by atoms with E-state index in [0.29, 0.717) is 6.04 Å². The number of likely N-dealkylation sites (tertiary alicyclic amines) is 1. The molecule has 0 aromatic carbocycles. The van der Waals surface area contributed by atoms with Crippen molar-refractivity contribution >= 4 is 0 Å². The molecule has 1 aromatic heterocycles. The van der Waals surface area contributed by atoms with Crippen molar-refractivity contribution in [1.82, 2.24) is 15.4 Å². The van der Waals surface area contributed by atoms with E-state index in [0.717, 1.165) is 37.6 Å². The van der Waals surface area contributed by atoms with Crippen LogP contribution in [0, 0.1) is 0 Å². The zero-order valence-electron chi connectivity index (χ0n) is 12.2. The van der Waals surface area contributed by atoms with E-state index < -0.39 is 0 Å². The van der Waals surface area contributed by atoms with Gasteiger partial charge in [-0.2, -0.15) is 0 Å². The van der Waals surface area contributed by atoms with Crippen molar-refractivity contribution in [3.8, 4) is 0 Å². The number of aromatic nitrogens is 1. The maximum Gasteiger partial charge on any atom is 0.151 e. The molecule has 112 valence electrons. The molecular weight excluding hydrogens is 258 g/mol. The van der Waals surface area contributed by atoms with Gasteiger partial charge in [0.05, 0.1) is 24.4 Å². The summed E-state index contributed by atoms with van der Waals surface area (Å²) < 4.78 is 16.3. The van der Waals surface area contributed by atoms with Crippen molar-refractivity contribution in [2.75, 3.05) is 27.3 Å². The maximum atomic E-state index is 5.44. The second-order valence-corrected chi connectivity index (χ2v) is 5.68. The number of nitrogens with zero attached hydrogens (tertiary/aromatic N) is 2. The molecule has 1 aromatic rings. The Kier molecular flexibility index (Phi) is 4.35. The van der Waals surface area contributed by atoms with Gasteiger partial charge in [-0.15, -0.1) is 0 Å². The summed E-state index contributed by atoms with van der Waals surface area (Å²) in [5.41, 5.74) is 0.984. The Morgan fingerprint density at radius 3 is 2.60 bits per heavy atom. The molecule has 2 atom stereocenters. The van der Waals surface area contributed by atoms with Crippen LogP contribution in [-0.2, 0) is 22.6 Å². The second-order valence-electron chi connectivity index (χ2n) is 5.68. The van der Waals surface area contributed by atoms with Gasteiger partial charge in [0, 0.05) is 46.0 Å². The molecule has 0 amide bonds. The van der Waals surface area contributed by atoms with Crippen molar-refractivity contribution in [2.24, 2.45) is 0 Å². The molecule has 0 spiro atoms. The van der Waals surface area contributed by atoms with E-state index in [1.54, 1.807) is 14.2 Å². The molecule has 1 N–H and O–H groups in total. The Bertz CT molecular complexity index is 421. The molecule has 0 bridgehead atoms. The van der Waals surface area contributed by atoms with Crippen molar-refractivity contribution < 1.29 is 14.0 Å². The average molecular weight is 281 g/mol. The molecule has 2 unspecified atom stereocenters. The molecule has 1 saturated heterocycles. The van der Waals surface area contributed by atoms with E-state index in [1.807, 2.05) is 6.07 Å². The van der Waals surface area contributed by atoms with Gasteiger partial charge < -0.3 is 19.3 Å². The lowest BCUT2D eigenvalue weighted by Gasteiger charge is -2.13. The van der Waals surface area contributed by atoms with Crippen LogP contribution in [0.15, 0.2) is 10.6 Å². The highest BCUT2D eigenvalue weighted by Crippen LogP contribution is 2.20. The van der Waals surface area contributed by atoms with Crippen LogP contribution < -0.4 is 5.32 Å². The molecule has 1 aliphatic carbocycles. The molecule has 2 heterocycles. The van der Waals surface area contributed by atoms with Crippen molar-refractivity contribution in [3.05, 3.63) is 17.5 Å². The van der Waals surface area contributed by atoms with Gasteiger partial charge in [0.1, 0.15) is 0 Å². The van der Waals surface area contributed by atoms with Gasteiger partial charge >= 0.3 is 0 Å². The third-order valence-electron chi connectivity index (χ3n) is 4.03. The summed E-state index contributed by atoms with van der Waals surface area (Å²) in [6.45, 7) is 3.29. The topological polar surface area (TPSA) is 59.8 Å². The summed E-state index contributed by atoms with van der Waals surface area (Å²) in [5, 5.41) is 7.55. The van der Waals surface area contributed by atoms with Crippen LogP contribution in [0.5, 0.6) is 0 Å². The van der Waals surface area contributed by atoms with Gasteiger partial charge in [-0.3, -0.25) is 4.90 Å². The molecule has 0 radical (unpaired) electrons. The Morgan fingerprint density at radius 1 is 1.30 bits per heavy atom. The Morgan fingerprint density at radius 2 is 2.00 bits per heavy atom. The van der Waals surface area contributed by atoms with Crippen molar-refractivity contribution in [1.29, 1.82) is 0 Å². The fraction of sp³-hybridized carbons (Fsp3) is 0.786. The van der Waals surface area contributed by atoms with Gasteiger partial charge in [0.15, 0.2) is 5.76 Å². The van der Waals surface area contributed by atoms with E-state index in [9.17, 15) is 0 Å². The van der Waals surface area contributed by atoms with E-state index in [-0.39, 0.29) is 12.2 Å². The van der Waals surface area contributed by atoms with E-state index in [1.165, 1.54) is 12.8 Å². The fourth-order valence-electron chi connectivity index (χ4n) is 2.67. The van der Waals surface area contributed by atoms with Gasteiger partial charge in [-0.05, 0) is 12.8 Å². The fourth-order valence-corrected chi connectivity index (χ4v) is 2.67. The number of ether oxygens (including phenoxy) is 2. The highest BCUT2D eigenvalue weighted by molar-refractivity contribution is 5.06. The third-order valence-corrected chi connectivity index (χ3v) is 4.03. The summed E-state index contributed by atoms with van der Waals surface area (Å²) in [4.78, 5) is 2.28. The predicted molar refractivity (Wildman–Crippen MR) is 73.2 cm³/mol. The summed E-state index contributed by atoms with van der Waals surface area (Å²) in [6.07, 6.45) is 2.85. The lowest BCUT2D eigenvalue weighted by Crippen LogP contribution is -2.27. The van der Waals surface area contributed by atoms with E-state index >= 15 is 0 Å². The SMILES string of the molecule is COC1CN(Cc2cc(CNC3CC3)no2)CC1OC. The molecule has 20 heavy (non-hydrogen) atoms. The molecule has 1 aliphatic heterocycles. The van der Waals surface area contributed by atoms with Crippen LogP contribution in [0.4, 0.5) is 0 Å². The minimum atomic E-state index is 0.138. The number of hydrogen-bond donors (Lipinski definition) is 1. The lowest BCUT2D eigenvalue weighted by molar-refractivity contribution is -0.00461. The zero-order chi connectivity index (χ0) is 13.9. The minimum Gasteiger partial charge on any atom is -0.377 e. The first kappa shape index (κ1) is 14.0. The summed E-state index contributed by atoms with van der Waals surface area (Å²) in [7, 11) is 3.46. The monoisotopic (exact) mass is 281 g/mol. The minimum absolute atomic E-state index is 0.138. The number of hydrogen-bond acceptors (Lipinski definition) is 6. The van der Waals surface area contributed by atoms with Gasteiger partial charge in [0.2, 0.25) is 0 Å². The van der Waals surface area contributed by atoms with Gasteiger partial charge in [-0.25, -0.2) is 0 Å². The van der Waals surface area contributed by atoms with E-state index in [4.69, 9.17) is 14.0 Å². The van der Waals surface area contributed by atoms with Crippen LogP contribution in [0.3, 0.4) is 0 Å². The van der Waals surface area contributed by atoms with Gasteiger partial charge in [-0.1, -0.05) is 5.16 Å². The van der Waals surface area contributed by atoms with Crippen LogP contribution in [0.25, 0.3) is 0 Å². The third kappa shape index (κ3) is 3.38. The average Bonchev–Trinajstić information content (AvgIpc) is 3.05. The summed E-state index contributed by atoms with van der Waals surface area (Å²) in [5.74, 6) is 0.907. The lowest BCUT2D eigenvalue weighted by atomic mass is 10.3. The normalized spacial score (nSPS) is 27.3. The number of methoxy groups -OCH3 is 2. The summed E-state index contributed by atoms with van der Waals surface area (Å²) >= 11 is 0. The number of nitrogens with one attached hydrogen (secondary N) is 1. The van der Waals surface area contributed by atoms with E-state index in [2.05, 4.69) is 15.4 Å². The standard InChI is InChI=1S/C14H23N3O3/c1-18-13-8-17(9-14(13)19-2)7-12-5-11(16-20-12)6-15-10-3-4-10/h5,10,13-15H,3-4,6-9H2,1-2H3. The van der Waals surface area contributed by atoms with Crippen molar-refractivity contribution in [3.63, 3.8) is 0 Å². The molecule has 2 aliphatic rings. The first-order chi connectivity index (χ1) is 9.78. The van der Waals surface area contributed by atoms with Crippen molar-refractivity contribution in [2.45, 2.75) is 44.2 Å². The Hall–Kier alpha value is -0.950. The Balaban J connectivity index is 1.50. The van der Waals surface area contributed by atoms with Crippen LogP contribution >= 0.6 is 0 Å². The molecule has 6 heteroatoms. The van der Waals surface area contributed by atoms with Crippen LogP contribution in [0.1, 0.15) is 24.3 Å². The van der Waals surface area contributed by atoms with Crippen LogP contribution in [-0.4, -0.2) is 55.6 Å². The highest BCUT2D eigenvalue weighted by atomic mass is 16.5. The number of rotatable bonds is 7. The summed E-state index contributed by atoms with van der Waals surface area (Å²) in [6, 6.07) is 2.73. The highest BCUT2D eigenvalue weighted by Gasteiger charge is 2.33. The largest absolute Gasteiger partial charge is 0.377 e. The Labute approximate surface area is 119 Å². The van der Waals surface area contributed by atoms with Crippen LogP contribution in [0.2, 0.25) is 0 Å². The molecule has 6 nitrogen and oxygen atoms in total. The molecule has 1 saturated carbocycles. The molecular formula is C14H23N3O3. The predicted octanol–water partition coefficient (Wildman–Crippen LogP) is 0.772. The first-order valence-electron chi connectivity index (χ1n) is 7.24. The quantitative estimate of drug-likeness (QED) is 0.797. The smallest absolute Gasteiger partial charge is 0.151 e. The first-order valence-corrected chi connectivity index (χ1v) is 7.24.